The second-order valence-corrected chi connectivity index (χ2v) is 12.9. The highest BCUT2D eigenvalue weighted by Gasteiger charge is 2.23. The quantitative estimate of drug-likeness (QED) is 0.184. The summed E-state index contributed by atoms with van der Waals surface area (Å²) in [4.78, 5) is 5.90. The molecule has 3 nitrogen and oxygen atoms in total. The van der Waals surface area contributed by atoms with Crippen molar-refractivity contribution in [2.24, 2.45) is 0 Å². The number of aryl methyl sites for hydroxylation is 1. The van der Waals surface area contributed by atoms with E-state index in [-0.39, 0.29) is 0 Å². The molecule has 194 valence electrons. The topological polar surface area (TPSA) is 42.0 Å². The molecule has 0 fully saturated rings. The fourth-order valence-corrected chi connectivity index (χ4v) is 8.09. The molecule has 5 rings (SSSR count). The van der Waals surface area contributed by atoms with Crippen LogP contribution in [0.4, 0.5) is 5.13 Å². The summed E-state index contributed by atoms with van der Waals surface area (Å²) >= 11 is 14.8. The van der Waals surface area contributed by atoms with Gasteiger partial charge in [-0.25, -0.2) is 4.98 Å². The van der Waals surface area contributed by atoms with Crippen LogP contribution in [0, 0.1) is 6.92 Å². The van der Waals surface area contributed by atoms with Crippen molar-refractivity contribution in [3.63, 3.8) is 0 Å². The number of hydrogen-bond donors (Lipinski definition) is 1. The number of anilines is 1. The van der Waals surface area contributed by atoms with Crippen molar-refractivity contribution in [2.45, 2.75) is 6.92 Å². The summed E-state index contributed by atoms with van der Waals surface area (Å²) in [7, 11) is -3.47. The molecule has 0 aliphatic rings. The van der Waals surface area contributed by atoms with Gasteiger partial charge in [0.25, 0.3) is 0 Å². The van der Waals surface area contributed by atoms with Crippen molar-refractivity contribution in [1.29, 1.82) is 0 Å². The van der Waals surface area contributed by atoms with Crippen LogP contribution in [0.25, 0.3) is 31.8 Å². The summed E-state index contributed by atoms with van der Waals surface area (Å²) in [5.41, 5.74) is 5.51. The Morgan fingerprint density at radius 1 is 0.718 bits per heavy atom. The largest absolute Gasteiger partial charge is 0.306 e. The summed E-state index contributed by atoms with van der Waals surface area (Å²) in [5, 5.41) is 4.44. The highest BCUT2D eigenvalue weighted by molar-refractivity contribution is 7.72. The van der Waals surface area contributed by atoms with Crippen LogP contribution in [0.1, 0.15) is 16.7 Å². The average molecular weight is 588 g/mol. The number of nitrogens with zero attached hydrogens (tertiary/aromatic N) is 1. The Hall–Kier alpha value is -3.40. The van der Waals surface area contributed by atoms with Gasteiger partial charge >= 0.3 is 0 Å². The van der Waals surface area contributed by atoms with Crippen molar-refractivity contribution in [2.75, 3.05) is 5.09 Å². The maximum absolute atomic E-state index is 14.5. The lowest BCUT2D eigenvalue weighted by atomic mass is 10.1. The number of rotatable bonds is 8. The van der Waals surface area contributed by atoms with Crippen molar-refractivity contribution in [3.8, 4) is 21.7 Å². The zero-order valence-electron chi connectivity index (χ0n) is 21.1. The molecule has 0 unspecified atom stereocenters. The number of thiazole rings is 1. The molecule has 0 radical (unpaired) electrons. The van der Waals surface area contributed by atoms with E-state index < -0.39 is 7.29 Å². The SMILES string of the molecule is Cc1ccc(-c2nc(NP(=O)(/C=C(\Cl)c3ccccc3)/C=C(\Cl)c3ccccc3)sc2-c2ccccc2)cc1. The van der Waals surface area contributed by atoms with Gasteiger partial charge < -0.3 is 5.09 Å². The number of nitrogens with one attached hydrogen (secondary N) is 1. The van der Waals surface area contributed by atoms with Gasteiger partial charge in [-0.3, -0.25) is 4.57 Å². The molecule has 1 heterocycles. The lowest BCUT2D eigenvalue weighted by Gasteiger charge is -2.14. The summed E-state index contributed by atoms with van der Waals surface area (Å²) in [6, 6.07) is 37.2. The van der Waals surface area contributed by atoms with E-state index in [9.17, 15) is 4.57 Å². The van der Waals surface area contributed by atoms with Gasteiger partial charge in [0, 0.05) is 17.2 Å². The maximum Gasteiger partial charge on any atom is 0.217 e. The third-order valence-corrected chi connectivity index (χ3v) is 9.94. The van der Waals surface area contributed by atoms with Crippen molar-refractivity contribution in [1.82, 2.24) is 4.98 Å². The molecular formula is C32H25Cl2N2OPS. The molecule has 0 atom stereocenters. The zero-order chi connectivity index (χ0) is 27.2. The maximum atomic E-state index is 14.5. The molecular weight excluding hydrogens is 562 g/mol. The van der Waals surface area contributed by atoms with Crippen LogP contribution >= 0.6 is 41.8 Å². The van der Waals surface area contributed by atoms with Crippen LogP contribution in [0.5, 0.6) is 0 Å². The van der Waals surface area contributed by atoms with Crippen LogP contribution in [-0.2, 0) is 4.57 Å². The van der Waals surface area contributed by atoms with E-state index in [2.05, 4.69) is 36.3 Å². The molecule has 0 aliphatic heterocycles. The molecule has 4 aromatic carbocycles. The molecule has 0 aliphatic carbocycles. The number of halogens is 2. The fourth-order valence-electron chi connectivity index (χ4n) is 3.99. The predicted molar refractivity (Wildman–Crippen MR) is 169 cm³/mol. The van der Waals surface area contributed by atoms with E-state index in [0.717, 1.165) is 32.8 Å². The highest BCUT2D eigenvalue weighted by Crippen LogP contribution is 2.55. The minimum Gasteiger partial charge on any atom is -0.306 e. The van der Waals surface area contributed by atoms with E-state index >= 15 is 0 Å². The second-order valence-electron chi connectivity index (χ2n) is 8.94. The van der Waals surface area contributed by atoms with E-state index in [1.54, 1.807) is 11.6 Å². The molecule has 0 saturated heterocycles. The van der Waals surface area contributed by atoms with Crippen molar-refractivity contribution >= 4 is 57.0 Å². The van der Waals surface area contributed by atoms with Gasteiger partial charge in [0.05, 0.1) is 20.6 Å². The lowest BCUT2D eigenvalue weighted by molar-refractivity contribution is 0.589. The minimum absolute atomic E-state index is 0.360. The van der Waals surface area contributed by atoms with Gasteiger partial charge in [0.2, 0.25) is 7.29 Å². The van der Waals surface area contributed by atoms with Gasteiger partial charge in [-0.1, -0.05) is 155 Å². The molecule has 0 saturated carbocycles. The summed E-state index contributed by atoms with van der Waals surface area (Å²) < 4.78 is 14.5. The van der Waals surface area contributed by atoms with E-state index in [1.807, 2.05) is 91.0 Å². The number of benzene rings is 4. The van der Waals surface area contributed by atoms with Gasteiger partial charge in [0.15, 0.2) is 5.13 Å². The molecule has 7 heteroatoms. The first-order valence-corrected chi connectivity index (χ1v) is 15.7. The Morgan fingerprint density at radius 2 is 1.21 bits per heavy atom. The molecule has 0 spiro atoms. The first-order chi connectivity index (χ1) is 18.9. The van der Waals surface area contributed by atoms with Crippen LogP contribution in [0.2, 0.25) is 0 Å². The summed E-state index contributed by atoms with van der Waals surface area (Å²) in [6.07, 6.45) is 0. The Bertz CT molecular complexity index is 1610. The van der Waals surface area contributed by atoms with Crippen LogP contribution < -0.4 is 5.09 Å². The zero-order valence-corrected chi connectivity index (χ0v) is 24.3. The molecule has 1 aromatic heterocycles. The third kappa shape index (κ3) is 6.79. The van der Waals surface area contributed by atoms with Gasteiger partial charge in [-0.05, 0) is 23.6 Å². The Balaban J connectivity index is 1.61. The number of hydrogen-bond acceptors (Lipinski definition) is 3. The second kappa shape index (κ2) is 12.2. The summed E-state index contributed by atoms with van der Waals surface area (Å²) in [5.74, 6) is 3.09. The Labute approximate surface area is 242 Å². The standard InChI is InChI=1S/C32H25Cl2N2OPS/c1-23-17-19-26(20-18-23)30-31(27-15-9-4-10-16-27)39-32(35-30)36-38(37,21-28(33)24-11-5-2-6-12-24)22-29(34)25-13-7-3-8-14-25/h2-22H,1H3,(H,35,36,37)/b28-21-,29-22-. The monoisotopic (exact) mass is 586 g/mol. The minimum atomic E-state index is -3.47. The van der Waals surface area contributed by atoms with Gasteiger partial charge in [0.1, 0.15) is 0 Å². The first kappa shape index (κ1) is 27.2. The Morgan fingerprint density at radius 3 is 1.72 bits per heavy atom. The molecule has 1 N–H and O–H groups in total. The van der Waals surface area contributed by atoms with E-state index in [0.29, 0.717) is 15.2 Å². The highest BCUT2D eigenvalue weighted by atomic mass is 35.5. The van der Waals surface area contributed by atoms with Crippen molar-refractivity contribution < 1.29 is 4.57 Å². The van der Waals surface area contributed by atoms with E-state index in [1.165, 1.54) is 16.9 Å². The average Bonchev–Trinajstić information content (AvgIpc) is 3.38. The van der Waals surface area contributed by atoms with Crippen LogP contribution in [-0.4, -0.2) is 4.98 Å². The Kier molecular flexibility index (Phi) is 8.50. The van der Waals surface area contributed by atoms with Crippen molar-refractivity contribution in [3.05, 3.63) is 144 Å². The van der Waals surface area contributed by atoms with Crippen LogP contribution in [0.15, 0.2) is 127 Å². The molecule has 39 heavy (non-hydrogen) atoms. The predicted octanol–water partition coefficient (Wildman–Crippen LogP) is 11.0. The third-order valence-electron chi connectivity index (χ3n) is 5.97. The molecule has 0 bridgehead atoms. The van der Waals surface area contributed by atoms with Crippen LogP contribution in [0.3, 0.4) is 0 Å². The normalized spacial score (nSPS) is 12.4. The molecule has 5 aromatic rings. The lowest BCUT2D eigenvalue weighted by Crippen LogP contribution is -1.94. The first-order valence-electron chi connectivity index (χ1n) is 12.3. The van der Waals surface area contributed by atoms with Gasteiger partial charge in [-0.2, -0.15) is 0 Å². The summed E-state index contributed by atoms with van der Waals surface area (Å²) in [6.45, 7) is 2.05. The smallest absolute Gasteiger partial charge is 0.217 e. The van der Waals surface area contributed by atoms with Gasteiger partial charge in [-0.15, -0.1) is 0 Å². The fraction of sp³-hybridized carbons (Fsp3) is 0.0312. The number of aromatic nitrogens is 1. The molecule has 0 amide bonds. The van der Waals surface area contributed by atoms with E-state index in [4.69, 9.17) is 28.2 Å².